The molecule has 2 nitrogen and oxygen atoms in total. The summed E-state index contributed by atoms with van der Waals surface area (Å²) < 4.78 is 0. The van der Waals surface area contributed by atoms with Crippen LogP contribution in [0.25, 0.3) is 0 Å². The topological polar surface area (TPSA) is 34.1 Å². The van der Waals surface area contributed by atoms with E-state index in [2.05, 4.69) is 0 Å². The van der Waals surface area contributed by atoms with E-state index in [0.717, 1.165) is 5.57 Å². The first-order valence-corrected chi connectivity index (χ1v) is 4.35. The highest BCUT2D eigenvalue weighted by molar-refractivity contribution is 6.03. The summed E-state index contributed by atoms with van der Waals surface area (Å²) in [7, 11) is 0. The Morgan fingerprint density at radius 3 is 2.64 bits per heavy atom. The molecule has 1 unspecified atom stereocenters. The van der Waals surface area contributed by atoms with Crippen LogP contribution in [0.5, 0.6) is 0 Å². The molecule has 0 saturated heterocycles. The molecule has 0 saturated carbocycles. The number of allylic oxidation sites excluding steroid dienone is 9. The Hall–Kier alpha value is -1.92. The van der Waals surface area contributed by atoms with Gasteiger partial charge in [0.1, 0.15) is 5.94 Å². The first kappa shape index (κ1) is 8.67. The first-order valence-electron chi connectivity index (χ1n) is 4.35. The summed E-state index contributed by atoms with van der Waals surface area (Å²) >= 11 is 0. The number of carbonyl (C=O) groups excluding carboxylic acids is 2. The van der Waals surface area contributed by atoms with Crippen molar-refractivity contribution in [1.82, 2.24) is 0 Å². The lowest BCUT2D eigenvalue weighted by molar-refractivity contribution is -0.110. The van der Waals surface area contributed by atoms with Crippen molar-refractivity contribution in [3.05, 3.63) is 53.7 Å². The van der Waals surface area contributed by atoms with Gasteiger partial charge in [0.25, 0.3) is 0 Å². The Morgan fingerprint density at radius 2 is 2.00 bits per heavy atom. The monoisotopic (exact) mass is 184 g/mol. The average Bonchev–Trinajstić information content (AvgIpc) is 2.65. The maximum Gasteiger partial charge on any atom is 0.178 e. The summed E-state index contributed by atoms with van der Waals surface area (Å²) in [6, 6.07) is 0. The fourth-order valence-corrected chi connectivity index (χ4v) is 1.56. The van der Waals surface area contributed by atoms with E-state index >= 15 is 0 Å². The molecule has 1 atom stereocenters. The molecule has 0 N–H and O–H groups in total. The molecule has 0 radical (unpaired) electrons. The minimum Gasteiger partial charge on any atom is -0.290 e. The third-order valence-corrected chi connectivity index (χ3v) is 2.25. The van der Waals surface area contributed by atoms with E-state index in [1.807, 2.05) is 18.1 Å². The van der Waals surface area contributed by atoms with Crippen LogP contribution in [0.1, 0.15) is 0 Å². The van der Waals surface area contributed by atoms with Gasteiger partial charge in [-0.2, -0.15) is 0 Å². The average molecular weight is 184 g/mol. The van der Waals surface area contributed by atoms with Crippen molar-refractivity contribution >= 4 is 11.7 Å². The maximum atomic E-state index is 11.0. The van der Waals surface area contributed by atoms with Gasteiger partial charge in [0.2, 0.25) is 0 Å². The predicted octanol–water partition coefficient (Wildman–Crippen LogP) is 1.55. The van der Waals surface area contributed by atoms with Gasteiger partial charge in [-0.15, -0.1) is 0 Å². The molecule has 0 heterocycles. The van der Waals surface area contributed by atoms with Crippen molar-refractivity contribution in [1.29, 1.82) is 0 Å². The van der Waals surface area contributed by atoms with Crippen molar-refractivity contribution in [3.8, 4) is 0 Å². The summed E-state index contributed by atoms with van der Waals surface area (Å²) in [6.07, 6.45) is 12.0. The number of hydrogen-bond donors (Lipinski definition) is 0. The zero-order valence-electron chi connectivity index (χ0n) is 7.44. The van der Waals surface area contributed by atoms with Gasteiger partial charge in [-0.3, -0.25) is 4.79 Å². The van der Waals surface area contributed by atoms with E-state index in [1.165, 1.54) is 6.08 Å². The highest BCUT2D eigenvalue weighted by Crippen LogP contribution is 2.27. The van der Waals surface area contributed by atoms with Crippen molar-refractivity contribution in [2.24, 2.45) is 5.92 Å². The van der Waals surface area contributed by atoms with Crippen LogP contribution in [0.4, 0.5) is 0 Å². The van der Waals surface area contributed by atoms with Gasteiger partial charge in [0.05, 0.1) is 0 Å². The second-order valence-electron chi connectivity index (χ2n) is 3.16. The molecule has 0 aliphatic heterocycles. The van der Waals surface area contributed by atoms with Gasteiger partial charge in [-0.25, -0.2) is 4.79 Å². The van der Waals surface area contributed by atoms with Crippen LogP contribution < -0.4 is 0 Å². The number of ketones is 1. The SMILES string of the molecule is O=C=C1C=CC=CC1C1=CC(=O)C=C1. The van der Waals surface area contributed by atoms with Gasteiger partial charge >= 0.3 is 0 Å². The Bertz CT molecular complexity index is 441. The molecule has 68 valence electrons. The molecule has 2 heteroatoms. The number of carbonyl (C=O) groups is 1. The highest BCUT2D eigenvalue weighted by atomic mass is 16.1. The summed E-state index contributed by atoms with van der Waals surface area (Å²) in [5.74, 6) is 1.76. The van der Waals surface area contributed by atoms with E-state index < -0.39 is 0 Å². The molecule has 0 fully saturated rings. The van der Waals surface area contributed by atoms with Crippen LogP contribution in [-0.4, -0.2) is 11.7 Å². The third-order valence-electron chi connectivity index (χ3n) is 2.25. The molecule has 0 amide bonds. The molecule has 2 aliphatic carbocycles. The normalized spacial score (nSPS) is 24.0. The van der Waals surface area contributed by atoms with Crippen molar-refractivity contribution in [2.75, 3.05) is 0 Å². The summed E-state index contributed by atoms with van der Waals surface area (Å²) in [6.45, 7) is 0. The Labute approximate surface area is 81.6 Å². The first-order chi connectivity index (χ1) is 6.81. The molecule has 0 aromatic carbocycles. The van der Waals surface area contributed by atoms with E-state index in [-0.39, 0.29) is 11.7 Å². The number of rotatable bonds is 1. The Morgan fingerprint density at radius 1 is 1.14 bits per heavy atom. The summed E-state index contributed by atoms with van der Waals surface area (Å²) in [4.78, 5) is 21.6. The summed E-state index contributed by atoms with van der Waals surface area (Å²) in [5.41, 5.74) is 1.42. The smallest absolute Gasteiger partial charge is 0.178 e. The van der Waals surface area contributed by atoms with Gasteiger partial charge < -0.3 is 0 Å². The minimum atomic E-state index is -0.111. The Balaban J connectivity index is 2.36. The third kappa shape index (κ3) is 1.43. The largest absolute Gasteiger partial charge is 0.290 e. The van der Waals surface area contributed by atoms with Crippen molar-refractivity contribution < 1.29 is 9.59 Å². The van der Waals surface area contributed by atoms with Crippen LogP contribution in [0, 0.1) is 5.92 Å². The molecule has 0 aromatic heterocycles. The molecule has 2 rings (SSSR count). The van der Waals surface area contributed by atoms with E-state index in [1.54, 1.807) is 24.3 Å². The minimum absolute atomic E-state index is 0.0202. The summed E-state index contributed by atoms with van der Waals surface area (Å²) in [5, 5.41) is 0. The zero-order chi connectivity index (χ0) is 9.97. The van der Waals surface area contributed by atoms with Gasteiger partial charge in [0, 0.05) is 11.5 Å². The standard InChI is InChI=1S/C12H8O2/c13-8-10-3-1-2-4-12(10)9-5-6-11(14)7-9/h1-7,12H. The van der Waals surface area contributed by atoms with Crippen LogP contribution in [-0.2, 0) is 9.59 Å². The van der Waals surface area contributed by atoms with Gasteiger partial charge in [-0.1, -0.05) is 24.3 Å². The van der Waals surface area contributed by atoms with Gasteiger partial charge in [-0.05, 0) is 23.8 Å². The lowest BCUT2D eigenvalue weighted by Gasteiger charge is -2.13. The fourth-order valence-electron chi connectivity index (χ4n) is 1.56. The van der Waals surface area contributed by atoms with Gasteiger partial charge in [0.15, 0.2) is 5.78 Å². The van der Waals surface area contributed by atoms with Crippen LogP contribution >= 0.6 is 0 Å². The second kappa shape index (κ2) is 3.44. The maximum absolute atomic E-state index is 11.0. The molecular weight excluding hydrogens is 176 g/mol. The number of hydrogen-bond acceptors (Lipinski definition) is 2. The molecule has 2 aliphatic rings. The van der Waals surface area contributed by atoms with Crippen molar-refractivity contribution in [3.63, 3.8) is 0 Å². The Kier molecular flexibility index (Phi) is 2.13. The van der Waals surface area contributed by atoms with E-state index in [0.29, 0.717) is 5.57 Å². The van der Waals surface area contributed by atoms with Crippen molar-refractivity contribution in [2.45, 2.75) is 0 Å². The zero-order valence-corrected chi connectivity index (χ0v) is 7.44. The molecule has 0 spiro atoms. The lowest BCUT2D eigenvalue weighted by Crippen LogP contribution is -2.04. The molecule has 14 heavy (non-hydrogen) atoms. The lowest BCUT2D eigenvalue weighted by atomic mass is 9.89. The molecule has 0 bridgehead atoms. The van der Waals surface area contributed by atoms with Crippen LogP contribution in [0.3, 0.4) is 0 Å². The van der Waals surface area contributed by atoms with Crippen LogP contribution in [0.2, 0.25) is 0 Å². The van der Waals surface area contributed by atoms with E-state index in [9.17, 15) is 9.59 Å². The molecule has 0 aromatic rings. The second-order valence-corrected chi connectivity index (χ2v) is 3.16. The predicted molar refractivity (Wildman–Crippen MR) is 53.2 cm³/mol. The quantitative estimate of drug-likeness (QED) is 0.579. The fraction of sp³-hybridized carbons (Fsp3) is 0.0833. The highest BCUT2D eigenvalue weighted by Gasteiger charge is 2.18. The van der Waals surface area contributed by atoms with Crippen LogP contribution in [0.15, 0.2) is 53.7 Å². The van der Waals surface area contributed by atoms with E-state index in [4.69, 9.17) is 0 Å². The molecular formula is C12H8O2.